The van der Waals surface area contributed by atoms with Gasteiger partial charge in [-0.15, -0.1) is 11.6 Å². The molecule has 1 heterocycles. The number of alkyl halides is 1. The van der Waals surface area contributed by atoms with Crippen LogP contribution >= 0.6 is 27.5 Å². The van der Waals surface area contributed by atoms with Crippen LogP contribution in [0.4, 0.5) is 5.82 Å². The maximum absolute atomic E-state index is 5.47. The van der Waals surface area contributed by atoms with Gasteiger partial charge in [-0.1, -0.05) is 0 Å². The number of nitrogens with zero attached hydrogens (tertiary/aromatic N) is 1. The molecular formula is C10H14BrClN2O. The quantitative estimate of drug-likeness (QED) is 0.647. The van der Waals surface area contributed by atoms with E-state index in [1.54, 1.807) is 0 Å². The summed E-state index contributed by atoms with van der Waals surface area (Å²) in [6, 6.07) is 3.91. The Morgan fingerprint density at radius 3 is 2.93 bits per heavy atom. The minimum Gasteiger partial charge on any atom is -0.378 e. The van der Waals surface area contributed by atoms with Crippen LogP contribution in [-0.2, 0) is 4.74 Å². The Bertz CT molecular complexity index is 309. The Morgan fingerprint density at radius 2 is 2.27 bits per heavy atom. The van der Waals surface area contributed by atoms with Crippen LogP contribution in [0.2, 0.25) is 0 Å². The SMILES string of the molecule is Cc1nc(NCCOCCCl)ccc1Br. The van der Waals surface area contributed by atoms with Crippen molar-refractivity contribution in [3.8, 4) is 0 Å². The molecule has 5 heteroatoms. The maximum Gasteiger partial charge on any atom is 0.126 e. The lowest BCUT2D eigenvalue weighted by molar-refractivity contribution is 0.160. The van der Waals surface area contributed by atoms with E-state index in [-0.39, 0.29) is 0 Å². The van der Waals surface area contributed by atoms with Gasteiger partial charge in [0.2, 0.25) is 0 Å². The molecule has 15 heavy (non-hydrogen) atoms. The molecule has 0 bridgehead atoms. The Kier molecular flexibility index (Phi) is 5.98. The van der Waals surface area contributed by atoms with Crippen molar-refractivity contribution >= 4 is 33.3 Å². The summed E-state index contributed by atoms with van der Waals surface area (Å²) in [7, 11) is 0. The highest BCUT2D eigenvalue weighted by atomic mass is 79.9. The van der Waals surface area contributed by atoms with E-state index in [1.807, 2.05) is 19.1 Å². The number of hydrogen-bond donors (Lipinski definition) is 1. The van der Waals surface area contributed by atoms with Crippen LogP contribution in [0.5, 0.6) is 0 Å². The van der Waals surface area contributed by atoms with Gasteiger partial charge in [0.15, 0.2) is 0 Å². The van der Waals surface area contributed by atoms with Gasteiger partial charge in [0.1, 0.15) is 5.82 Å². The Labute approximate surface area is 103 Å². The minimum atomic E-state index is 0.537. The van der Waals surface area contributed by atoms with Gasteiger partial charge in [0.05, 0.1) is 18.9 Å². The lowest BCUT2D eigenvalue weighted by Gasteiger charge is -2.07. The van der Waals surface area contributed by atoms with E-state index < -0.39 is 0 Å². The van der Waals surface area contributed by atoms with Crippen molar-refractivity contribution in [2.75, 3.05) is 31.0 Å². The largest absolute Gasteiger partial charge is 0.378 e. The van der Waals surface area contributed by atoms with Gasteiger partial charge >= 0.3 is 0 Å². The molecule has 0 aliphatic rings. The average Bonchev–Trinajstić information content (AvgIpc) is 2.23. The standard InChI is InChI=1S/C10H14BrClN2O/c1-8-9(11)2-3-10(14-8)13-5-7-15-6-4-12/h2-3H,4-7H2,1H3,(H,13,14). The third-order valence-corrected chi connectivity index (χ3v) is 2.79. The summed E-state index contributed by atoms with van der Waals surface area (Å²) in [5, 5.41) is 3.17. The van der Waals surface area contributed by atoms with Gasteiger partial charge in [-0.3, -0.25) is 0 Å². The highest BCUT2D eigenvalue weighted by Crippen LogP contribution is 2.15. The van der Waals surface area contributed by atoms with Gasteiger partial charge in [-0.2, -0.15) is 0 Å². The summed E-state index contributed by atoms with van der Waals surface area (Å²) in [4.78, 5) is 4.35. The smallest absolute Gasteiger partial charge is 0.126 e. The average molecular weight is 294 g/mol. The zero-order valence-electron chi connectivity index (χ0n) is 8.59. The highest BCUT2D eigenvalue weighted by molar-refractivity contribution is 9.10. The number of pyridine rings is 1. The number of aromatic nitrogens is 1. The maximum atomic E-state index is 5.47. The van der Waals surface area contributed by atoms with E-state index in [0.29, 0.717) is 19.1 Å². The lowest BCUT2D eigenvalue weighted by Crippen LogP contribution is -2.11. The van der Waals surface area contributed by atoms with Crippen LogP contribution in [0.25, 0.3) is 0 Å². The molecule has 3 nitrogen and oxygen atoms in total. The predicted molar refractivity (Wildman–Crippen MR) is 66.7 cm³/mol. The molecule has 0 spiro atoms. The molecular weight excluding hydrogens is 279 g/mol. The van der Waals surface area contributed by atoms with Crippen molar-refractivity contribution in [2.24, 2.45) is 0 Å². The first-order valence-electron chi connectivity index (χ1n) is 4.75. The lowest BCUT2D eigenvalue weighted by atomic mass is 10.4. The molecule has 0 aromatic carbocycles. The van der Waals surface area contributed by atoms with Crippen molar-refractivity contribution in [1.29, 1.82) is 0 Å². The third kappa shape index (κ3) is 4.82. The van der Waals surface area contributed by atoms with Crippen molar-refractivity contribution < 1.29 is 4.74 Å². The molecule has 0 saturated heterocycles. The molecule has 0 aliphatic carbocycles. The third-order valence-electron chi connectivity index (χ3n) is 1.80. The summed E-state index contributed by atoms with van der Waals surface area (Å²) >= 11 is 8.87. The second-order valence-corrected chi connectivity index (χ2v) is 4.22. The molecule has 0 atom stereocenters. The fourth-order valence-electron chi connectivity index (χ4n) is 1.05. The topological polar surface area (TPSA) is 34.2 Å². The van der Waals surface area contributed by atoms with Crippen LogP contribution in [0.15, 0.2) is 16.6 Å². The van der Waals surface area contributed by atoms with Crippen LogP contribution in [0, 0.1) is 6.92 Å². The predicted octanol–water partition coefficient (Wildman–Crippen LogP) is 2.82. The van der Waals surface area contributed by atoms with E-state index in [9.17, 15) is 0 Å². The summed E-state index contributed by atoms with van der Waals surface area (Å²) in [6.07, 6.45) is 0. The zero-order chi connectivity index (χ0) is 11.1. The molecule has 0 aliphatic heterocycles. The van der Waals surface area contributed by atoms with Gasteiger partial charge in [0.25, 0.3) is 0 Å². The van der Waals surface area contributed by atoms with E-state index in [4.69, 9.17) is 16.3 Å². The van der Waals surface area contributed by atoms with Gasteiger partial charge in [0, 0.05) is 16.9 Å². The highest BCUT2D eigenvalue weighted by Gasteiger charge is 1.97. The first-order chi connectivity index (χ1) is 7.24. The van der Waals surface area contributed by atoms with Crippen molar-refractivity contribution in [1.82, 2.24) is 4.98 Å². The fraction of sp³-hybridized carbons (Fsp3) is 0.500. The fourth-order valence-corrected chi connectivity index (χ4v) is 1.38. The van der Waals surface area contributed by atoms with Crippen molar-refractivity contribution in [2.45, 2.75) is 6.92 Å². The first kappa shape index (κ1) is 12.7. The Morgan fingerprint density at radius 1 is 1.47 bits per heavy atom. The molecule has 1 aromatic rings. The second-order valence-electron chi connectivity index (χ2n) is 2.99. The molecule has 0 amide bonds. The van der Waals surface area contributed by atoms with Gasteiger partial charge in [-0.05, 0) is 35.0 Å². The van der Waals surface area contributed by atoms with Gasteiger partial charge < -0.3 is 10.1 Å². The van der Waals surface area contributed by atoms with E-state index in [2.05, 4.69) is 26.2 Å². The van der Waals surface area contributed by atoms with Crippen molar-refractivity contribution in [3.63, 3.8) is 0 Å². The van der Waals surface area contributed by atoms with Gasteiger partial charge in [-0.25, -0.2) is 4.98 Å². The minimum absolute atomic E-state index is 0.537. The van der Waals surface area contributed by atoms with E-state index in [1.165, 1.54) is 0 Å². The molecule has 0 radical (unpaired) electrons. The van der Waals surface area contributed by atoms with Crippen LogP contribution in [0.1, 0.15) is 5.69 Å². The monoisotopic (exact) mass is 292 g/mol. The van der Waals surface area contributed by atoms with Crippen LogP contribution in [0.3, 0.4) is 0 Å². The normalized spacial score (nSPS) is 10.3. The number of nitrogens with one attached hydrogen (secondary N) is 1. The number of anilines is 1. The first-order valence-corrected chi connectivity index (χ1v) is 6.07. The second kappa shape index (κ2) is 7.04. The summed E-state index contributed by atoms with van der Waals surface area (Å²) in [5.41, 5.74) is 0.974. The molecule has 0 unspecified atom stereocenters. The van der Waals surface area contributed by atoms with Crippen molar-refractivity contribution in [3.05, 3.63) is 22.3 Å². The summed E-state index contributed by atoms with van der Waals surface area (Å²) in [6.45, 7) is 3.93. The summed E-state index contributed by atoms with van der Waals surface area (Å²) < 4.78 is 6.25. The van der Waals surface area contributed by atoms with E-state index >= 15 is 0 Å². The van der Waals surface area contributed by atoms with E-state index in [0.717, 1.165) is 22.5 Å². The van der Waals surface area contributed by atoms with Crippen LogP contribution < -0.4 is 5.32 Å². The Hall–Kier alpha value is -0.320. The molecule has 0 saturated carbocycles. The number of hydrogen-bond acceptors (Lipinski definition) is 3. The molecule has 1 aromatic heterocycles. The Balaban J connectivity index is 2.28. The number of rotatable bonds is 6. The number of aryl methyl sites for hydroxylation is 1. The summed E-state index contributed by atoms with van der Waals surface area (Å²) in [5.74, 6) is 1.40. The zero-order valence-corrected chi connectivity index (χ0v) is 10.9. The number of halogens is 2. The van der Waals surface area contributed by atoms with Crippen LogP contribution in [-0.4, -0.2) is 30.6 Å². The molecule has 1 N–H and O–H groups in total. The molecule has 0 fully saturated rings. The number of ether oxygens (including phenoxy) is 1. The molecule has 84 valence electrons. The molecule has 1 rings (SSSR count).